The lowest BCUT2D eigenvalue weighted by molar-refractivity contribution is 0.300. The molecule has 1 atom stereocenters. The minimum Gasteiger partial charge on any atom is -0.395 e. The fourth-order valence-corrected chi connectivity index (χ4v) is 2.31. The maximum Gasteiger partial charge on any atom is 0.190 e. The maximum atomic E-state index is 9.01. The number of nitrogens with zero attached hydrogens (tertiary/aromatic N) is 2. The van der Waals surface area contributed by atoms with Crippen LogP contribution in [0, 0.1) is 0 Å². The molecule has 4 nitrogen and oxygen atoms in total. The van der Waals surface area contributed by atoms with Gasteiger partial charge in [0.25, 0.3) is 0 Å². The highest BCUT2D eigenvalue weighted by Gasteiger charge is 2.08. The van der Waals surface area contributed by atoms with E-state index in [1.807, 2.05) is 26.2 Å². The standard InChI is InChI=1S/C10H17N3OS2/c1-4-11-8-5-9(16-7(2)6-14)13-10(12-8)15-3/h5,7,14H,4,6H2,1-3H3,(H,11,12,13). The normalized spacial score (nSPS) is 12.5. The highest BCUT2D eigenvalue weighted by molar-refractivity contribution is 8.00. The molecule has 1 rings (SSSR count). The van der Waals surface area contributed by atoms with Crippen LogP contribution >= 0.6 is 23.5 Å². The van der Waals surface area contributed by atoms with Crippen molar-refractivity contribution in [1.82, 2.24) is 9.97 Å². The minimum absolute atomic E-state index is 0.152. The molecule has 16 heavy (non-hydrogen) atoms. The Bertz CT molecular complexity index is 336. The molecule has 0 saturated heterocycles. The van der Waals surface area contributed by atoms with Gasteiger partial charge in [-0.15, -0.1) is 11.8 Å². The lowest BCUT2D eigenvalue weighted by Crippen LogP contribution is -2.05. The van der Waals surface area contributed by atoms with Crippen LogP contribution in [0.15, 0.2) is 16.2 Å². The summed E-state index contributed by atoms with van der Waals surface area (Å²) in [6, 6.07) is 1.92. The van der Waals surface area contributed by atoms with Gasteiger partial charge < -0.3 is 10.4 Å². The molecule has 1 heterocycles. The number of rotatable bonds is 6. The second kappa shape index (κ2) is 6.98. The van der Waals surface area contributed by atoms with Crippen LogP contribution in [0.3, 0.4) is 0 Å². The molecule has 0 spiro atoms. The molecule has 0 saturated carbocycles. The first kappa shape index (κ1) is 13.6. The van der Waals surface area contributed by atoms with Crippen LogP contribution < -0.4 is 5.32 Å². The zero-order valence-electron chi connectivity index (χ0n) is 9.73. The van der Waals surface area contributed by atoms with E-state index in [1.54, 1.807) is 11.8 Å². The third kappa shape index (κ3) is 4.19. The Kier molecular flexibility index (Phi) is 5.94. The number of anilines is 1. The third-order valence-electron chi connectivity index (χ3n) is 1.80. The van der Waals surface area contributed by atoms with E-state index in [4.69, 9.17) is 5.11 Å². The van der Waals surface area contributed by atoms with Crippen LogP contribution in [0.1, 0.15) is 13.8 Å². The Morgan fingerprint density at radius 2 is 2.25 bits per heavy atom. The zero-order chi connectivity index (χ0) is 12.0. The molecule has 0 aliphatic heterocycles. The summed E-state index contributed by atoms with van der Waals surface area (Å²) < 4.78 is 0. The van der Waals surface area contributed by atoms with Gasteiger partial charge in [0.05, 0.1) is 6.61 Å². The van der Waals surface area contributed by atoms with Crippen molar-refractivity contribution in [2.24, 2.45) is 0 Å². The fraction of sp³-hybridized carbons (Fsp3) is 0.600. The highest BCUT2D eigenvalue weighted by Crippen LogP contribution is 2.25. The maximum absolute atomic E-state index is 9.01. The van der Waals surface area contributed by atoms with E-state index in [2.05, 4.69) is 15.3 Å². The summed E-state index contributed by atoms with van der Waals surface area (Å²) in [5, 5.41) is 14.0. The first-order chi connectivity index (χ1) is 7.69. The summed E-state index contributed by atoms with van der Waals surface area (Å²) in [5.41, 5.74) is 0. The molecule has 0 amide bonds. The molecule has 90 valence electrons. The van der Waals surface area contributed by atoms with Crippen LogP contribution in [0.4, 0.5) is 5.82 Å². The van der Waals surface area contributed by atoms with Crippen molar-refractivity contribution in [3.63, 3.8) is 0 Å². The summed E-state index contributed by atoms with van der Waals surface area (Å²) in [7, 11) is 0. The summed E-state index contributed by atoms with van der Waals surface area (Å²) in [4.78, 5) is 8.73. The van der Waals surface area contributed by atoms with Gasteiger partial charge in [0, 0.05) is 17.9 Å². The molecule has 0 fully saturated rings. The van der Waals surface area contributed by atoms with Crippen LogP contribution in [0.25, 0.3) is 0 Å². The summed E-state index contributed by atoms with van der Waals surface area (Å²) in [5.74, 6) is 0.842. The van der Waals surface area contributed by atoms with Crippen molar-refractivity contribution in [2.75, 3.05) is 24.7 Å². The summed E-state index contributed by atoms with van der Waals surface area (Å²) in [6.07, 6.45) is 1.95. The molecule has 0 aliphatic carbocycles. The number of thioether (sulfide) groups is 2. The quantitative estimate of drug-likeness (QED) is 0.463. The van der Waals surface area contributed by atoms with Crippen LogP contribution in [0.2, 0.25) is 0 Å². The van der Waals surface area contributed by atoms with Gasteiger partial charge in [-0.2, -0.15) is 0 Å². The van der Waals surface area contributed by atoms with Crippen LogP contribution in [-0.2, 0) is 0 Å². The Labute approximate surface area is 105 Å². The second-order valence-electron chi connectivity index (χ2n) is 3.22. The predicted octanol–water partition coefficient (Wildman–Crippen LogP) is 2.10. The van der Waals surface area contributed by atoms with E-state index in [1.165, 1.54) is 11.8 Å². The van der Waals surface area contributed by atoms with E-state index < -0.39 is 0 Å². The lowest BCUT2D eigenvalue weighted by atomic mass is 10.5. The van der Waals surface area contributed by atoms with Crippen molar-refractivity contribution in [2.45, 2.75) is 29.3 Å². The molecule has 0 radical (unpaired) electrons. The number of hydrogen-bond donors (Lipinski definition) is 2. The minimum atomic E-state index is 0.152. The smallest absolute Gasteiger partial charge is 0.190 e. The van der Waals surface area contributed by atoms with Gasteiger partial charge in [0.2, 0.25) is 0 Å². The fourth-order valence-electron chi connectivity index (χ4n) is 1.07. The Morgan fingerprint density at radius 3 is 2.81 bits per heavy atom. The molecule has 0 aliphatic rings. The highest BCUT2D eigenvalue weighted by atomic mass is 32.2. The van der Waals surface area contributed by atoms with Gasteiger partial charge in [-0.05, 0) is 13.2 Å². The molecular formula is C10H17N3OS2. The van der Waals surface area contributed by atoms with Crippen LogP contribution in [0.5, 0.6) is 0 Å². The molecule has 1 aromatic rings. The van der Waals surface area contributed by atoms with E-state index in [-0.39, 0.29) is 11.9 Å². The topological polar surface area (TPSA) is 58.0 Å². The van der Waals surface area contributed by atoms with E-state index in [0.717, 1.165) is 22.5 Å². The Morgan fingerprint density at radius 1 is 1.50 bits per heavy atom. The molecule has 1 unspecified atom stereocenters. The summed E-state index contributed by atoms with van der Waals surface area (Å²) >= 11 is 3.08. The molecular weight excluding hydrogens is 242 g/mol. The number of aliphatic hydroxyl groups excluding tert-OH is 1. The number of nitrogens with one attached hydrogen (secondary N) is 1. The Hall–Kier alpha value is -0.460. The average Bonchev–Trinajstić information content (AvgIpc) is 2.29. The number of aliphatic hydroxyl groups is 1. The van der Waals surface area contributed by atoms with Gasteiger partial charge in [-0.1, -0.05) is 18.7 Å². The molecule has 0 aromatic carbocycles. The lowest BCUT2D eigenvalue weighted by Gasteiger charge is -2.10. The first-order valence-corrected chi connectivity index (χ1v) is 7.24. The largest absolute Gasteiger partial charge is 0.395 e. The van der Waals surface area contributed by atoms with Crippen molar-refractivity contribution >= 4 is 29.3 Å². The summed E-state index contributed by atoms with van der Waals surface area (Å²) in [6.45, 7) is 4.99. The molecule has 2 N–H and O–H groups in total. The second-order valence-corrected chi connectivity index (χ2v) is 5.45. The monoisotopic (exact) mass is 259 g/mol. The van der Waals surface area contributed by atoms with E-state index >= 15 is 0 Å². The van der Waals surface area contributed by atoms with Crippen molar-refractivity contribution < 1.29 is 5.11 Å². The van der Waals surface area contributed by atoms with Crippen LogP contribution in [-0.4, -0.2) is 39.7 Å². The van der Waals surface area contributed by atoms with Gasteiger partial charge in [0.1, 0.15) is 10.8 Å². The van der Waals surface area contributed by atoms with Crippen molar-refractivity contribution in [1.29, 1.82) is 0 Å². The average molecular weight is 259 g/mol. The number of hydrogen-bond acceptors (Lipinski definition) is 6. The molecule has 6 heteroatoms. The SMILES string of the molecule is CCNc1cc(SC(C)CO)nc(SC)n1. The third-order valence-corrected chi connectivity index (χ3v) is 3.35. The van der Waals surface area contributed by atoms with Gasteiger partial charge >= 0.3 is 0 Å². The number of aromatic nitrogens is 2. The van der Waals surface area contributed by atoms with Gasteiger partial charge in [-0.25, -0.2) is 9.97 Å². The van der Waals surface area contributed by atoms with Crippen molar-refractivity contribution in [3.05, 3.63) is 6.07 Å². The first-order valence-electron chi connectivity index (χ1n) is 5.14. The Balaban J connectivity index is 2.85. The predicted molar refractivity (Wildman–Crippen MR) is 70.4 cm³/mol. The van der Waals surface area contributed by atoms with E-state index in [0.29, 0.717) is 0 Å². The van der Waals surface area contributed by atoms with Gasteiger partial charge in [0.15, 0.2) is 5.16 Å². The van der Waals surface area contributed by atoms with Gasteiger partial charge in [-0.3, -0.25) is 0 Å². The van der Waals surface area contributed by atoms with E-state index in [9.17, 15) is 0 Å². The van der Waals surface area contributed by atoms with Crippen molar-refractivity contribution in [3.8, 4) is 0 Å². The molecule has 0 bridgehead atoms. The zero-order valence-corrected chi connectivity index (χ0v) is 11.4. The molecule has 1 aromatic heterocycles.